The third-order valence-corrected chi connectivity index (χ3v) is 3.18. The van der Waals surface area contributed by atoms with E-state index in [0.29, 0.717) is 12.1 Å². The molecule has 0 aliphatic carbocycles. The molecule has 0 saturated carbocycles. The first kappa shape index (κ1) is 14.8. The number of esters is 1. The molecule has 0 saturated heterocycles. The number of hydrogen-bond acceptors (Lipinski definition) is 4. The predicted octanol–water partition coefficient (Wildman–Crippen LogP) is 2.46. The second kappa shape index (κ2) is 5.19. The summed E-state index contributed by atoms with van der Waals surface area (Å²) in [7, 11) is 0.727. The van der Waals surface area contributed by atoms with Crippen LogP contribution in [0.1, 0.15) is 24.2 Å². The zero-order valence-electron chi connectivity index (χ0n) is 9.41. The van der Waals surface area contributed by atoms with Gasteiger partial charge in [-0.25, -0.2) is 22.0 Å². The van der Waals surface area contributed by atoms with Crippen LogP contribution in [0.25, 0.3) is 0 Å². The molecule has 1 rings (SSSR count). The molecule has 0 aliphatic heterocycles. The zero-order chi connectivity index (χ0) is 14.1. The average molecular weight is 299 g/mol. The van der Waals surface area contributed by atoms with Gasteiger partial charge >= 0.3 is 5.97 Å². The molecule has 1 aromatic rings. The minimum atomic E-state index is -4.27. The smallest absolute Gasteiger partial charge is 0.341 e. The molecule has 0 amide bonds. The maximum Gasteiger partial charge on any atom is 0.341 e. The van der Waals surface area contributed by atoms with Crippen LogP contribution in [0, 0.1) is 11.6 Å². The predicted molar refractivity (Wildman–Crippen MR) is 59.9 cm³/mol. The molecular formula is C10H9ClF2O4S. The fourth-order valence-electron chi connectivity index (χ4n) is 1.13. The first-order valence-corrected chi connectivity index (χ1v) is 7.08. The number of carbonyl (C=O) groups is 1. The van der Waals surface area contributed by atoms with Crippen LogP contribution < -0.4 is 0 Å². The summed E-state index contributed by atoms with van der Waals surface area (Å²) in [6.07, 6.45) is -0.559. The van der Waals surface area contributed by atoms with Crippen LogP contribution in [-0.4, -0.2) is 20.5 Å². The highest BCUT2D eigenvalue weighted by Gasteiger charge is 2.23. The first-order valence-electron chi connectivity index (χ1n) is 4.77. The zero-order valence-corrected chi connectivity index (χ0v) is 11.0. The second-order valence-corrected chi connectivity index (χ2v) is 6.22. The monoisotopic (exact) mass is 298 g/mol. The van der Waals surface area contributed by atoms with Gasteiger partial charge in [0, 0.05) is 10.7 Å². The Morgan fingerprint density at radius 3 is 2.33 bits per heavy atom. The van der Waals surface area contributed by atoms with Gasteiger partial charge in [0.1, 0.15) is 0 Å². The molecule has 1 aromatic carbocycles. The lowest BCUT2D eigenvalue weighted by atomic mass is 10.2. The quantitative estimate of drug-likeness (QED) is 0.635. The van der Waals surface area contributed by atoms with Gasteiger partial charge in [0.25, 0.3) is 9.05 Å². The Bertz CT molecular complexity index is 584. The summed E-state index contributed by atoms with van der Waals surface area (Å²) in [4.78, 5) is 10.7. The van der Waals surface area contributed by atoms with Crippen molar-refractivity contribution >= 4 is 25.7 Å². The molecule has 0 unspecified atom stereocenters. The van der Waals surface area contributed by atoms with Crippen molar-refractivity contribution in [3.05, 3.63) is 29.3 Å². The molecule has 0 N–H and O–H groups in total. The van der Waals surface area contributed by atoms with E-state index in [1.54, 1.807) is 0 Å². The second-order valence-electron chi connectivity index (χ2n) is 3.66. The maximum atomic E-state index is 13.4. The van der Waals surface area contributed by atoms with Gasteiger partial charge in [-0.2, -0.15) is 0 Å². The summed E-state index contributed by atoms with van der Waals surface area (Å²) in [5.41, 5.74) is -0.817. The first-order chi connectivity index (χ1) is 8.12. The van der Waals surface area contributed by atoms with Crippen molar-refractivity contribution in [3.63, 3.8) is 0 Å². The number of carbonyl (C=O) groups excluding carboxylic acids is 1. The van der Waals surface area contributed by atoms with Gasteiger partial charge in [-0.1, -0.05) is 0 Å². The lowest BCUT2D eigenvalue weighted by Gasteiger charge is -2.09. The molecule has 0 atom stereocenters. The number of hydrogen-bond donors (Lipinski definition) is 0. The standard InChI is InChI=1S/C10H9ClF2O4S/c1-5(2)17-10(14)7-3-6(18(11,15)16)4-8(12)9(7)13/h3-5H,1-2H3. The minimum Gasteiger partial charge on any atom is -0.459 e. The molecule has 0 heterocycles. The third kappa shape index (κ3) is 3.39. The lowest BCUT2D eigenvalue weighted by Crippen LogP contribution is -2.14. The molecule has 100 valence electrons. The van der Waals surface area contributed by atoms with E-state index in [2.05, 4.69) is 4.74 Å². The van der Waals surface area contributed by atoms with E-state index in [9.17, 15) is 22.0 Å². The summed E-state index contributed by atoms with van der Waals surface area (Å²) in [6.45, 7) is 3.02. The van der Waals surface area contributed by atoms with Crippen LogP contribution in [-0.2, 0) is 13.8 Å². The van der Waals surface area contributed by atoms with Crippen molar-refractivity contribution in [2.24, 2.45) is 0 Å². The van der Waals surface area contributed by atoms with Crippen LogP contribution in [0.4, 0.5) is 8.78 Å². The summed E-state index contributed by atoms with van der Waals surface area (Å²) < 4.78 is 53.2. The van der Waals surface area contributed by atoms with E-state index >= 15 is 0 Å². The molecule has 18 heavy (non-hydrogen) atoms. The van der Waals surface area contributed by atoms with Crippen molar-refractivity contribution in [2.75, 3.05) is 0 Å². The SMILES string of the molecule is CC(C)OC(=O)c1cc(S(=O)(=O)Cl)cc(F)c1F. The highest BCUT2D eigenvalue weighted by atomic mass is 35.7. The largest absolute Gasteiger partial charge is 0.459 e. The lowest BCUT2D eigenvalue weighted by molar-refractivity contribution is 0.0371. The Kier molecular flexibility index (Phi) is 4.28. The van der Waals surface area contributed by atoms with Crippen LogP contribution in [0.2, 0.25) is 0 Å². The summed E-state index contributed by atoms with van der Waals surface area (Å²) in [5.74, 6) is -4.14. The van der Waals surface area contributed by atoms with E-state index in [1.165, 1.54) is 13.8 Å². The van der Waals surface area contributed by atoms with Gasteiger partial charge in [0.05, 0.1) is 16.6 Å². The highest BCUT2D eigenvalue weighted by molar-refractivity contribution is 8.13. The Hall–Kier alpha value is -1.21. The van der Waals surface area contributed by atoms with Crippen molar-refractivity contribution in [1.82, 2.24) is 0 Å². The van der Waals surface area contributed by atoms with Gasteiger partial charge in [0.2, 0.25) is 0 Å². The van der Waals surface area contributed by atoms with E-state index in [-0.39, 0.29) is 0 Å². The molecule has 0 radical (unpaired) electrons. The topological polar surface area (TPSA) is 60.4 Å². The van der Waals surface area contributed by atoms with Gasteiger partial charge in [-0.3, -0.25) is 0 Å². The van der Waals surface area contributed by atoms with Crippen molar-refractivity contribution < 1.29 is 26.7 Å². The molecule has 0 aliphatic rings. The van der Waals surface area contributed by atoms with Crippen LogP contribution in [0.5, 0.6) is 0 Å². The van der Waals surface area contributed by atoms with Crippen molar-refractivity contribution in [2.45, 2.75) is 24.8 Å². The van der Waals surface area contributed by atoms with E-state index in [0.717, 1.165) is 0 Å². The van der Waals surface area contributed by atoms with Gasteiger partial charge in [-0.05, 0) is 26.0 Å². The molecule has 0 fully saturated rings. The van der Waals surface area contributed by atoms with Gasteiger partial charge in [-0.15, -0.1) is 0 Å². The fraction of sp³-hybridized carbons (Fsp3) is 0.300. The summed E-state index contributed by atoms with van der Waals surface area (Å²) >= 11 is 0. The van der Waals surface area contributed by atoms with E-state index in [4.69, 9.17) is 10.7 Å². The van der Waals surface area contributed by atoms with Crippen molar-refractivity contribution in [1.29, 1.82) is 0 Å². The third-order valence-electron chi connectivity index (χ3n) is 1.85. The van der Waals surface area contributed by atoms with Gasteiger partial charge < -0.3 is 4.74 Å². The molecule has 0 spiro atoms. The Morgan fingerprint density at radius 2 is 1.89 bits per heavy atom. The summed E-state index contributed by atoms with van der Waals surface area (Å²) in [6, 6.07) is 1.02. The number of ether oxygens (including phenoxy) is 1. The van der Waals surface area contributed by atoms with Gasteiger partial charge in [0.15, 0.2) is 11.6 Å². The fourth-order valence-corrected chi connectivity index (χ4v) is 1.90. The Balaban J connectivity index is 3.36. The number of rotatable bonds is 3. The number of benzene rings is 1. The molecule has 0 bridgehead atoms. The summed E-state index contributed by atoms with van der Waals surface area (Å²) in [5, 5.41) is 0. The Labute approximate surface area is 107 Å². The van der Waals surface area contributed by atoms with E-state index < -0.39 is 43.2 Å². The van der Waals surface area contributed by atoms with E-state index in [1.807, 2.05) is 0 Å². The average Bonchev–Trinajstić information content (AvgIpc) is 2.18. The number of halogens is 3. The molecule has 8 heteroatoms. The Morgan fingerprint density at radius 1 is 1.33 bits per heavy atom. The van der Waals surface area contributed by atoms with Crippen LogP contribution in [0.3, 0.4) is 0 Å². The molecule has 4 nitrogen and oxygen atoms in total. The molecular weight excluding hydrogens is 290 g/mol. The molecule has 0 aromatic heterocycles. The van der Waals surface area contributed by atoms with Crippen LogP contribution >= 0.6 is 10.7 Å². The normalized spacial score (nSPS) is 11.7. The highest BCUT2D eigenvalue weighted by Crippen LogP contribution is 2.22. The minimum absolute atomic E-state index is 0.393. The van der Waals surface area contributed by atoms with Crippen molar-refractivity contribution in [3.8, 4) is 0 Å². The maximum absolute atomic E-state index is 13.4. The van der Waals surface area contributed by atoms with Crippen LogP contribution in [0.15, 0.2) is 17.0 Å².